The molecule has 5 nitrogen and oxygen atoms in total. The predicted molar refractivity (Wildman–Crippen MR) is 49.4 cm³/mol. The van der Waals surface area contributed by atoms with Crippen molar-refractivity contribution in [2.45, 2.75) is 12.5 Å². The molecule has 1 aliphatic rings. The maximum Gasteiger partial charge on any atom is 0.182 e. The molecule has 1 aromatic heterocycles. The number of aromatic nitrogens is 2. The van der Waals surface area contributed by atoms with E-state index in [1.165, 1.54) is 6.20 Å². The van der Waals surface area contributed by atoms with Gasteiger partial charge in [-0.25, -0.2) is 9.97 Å². The third-order valence-electron chi connectivity index (χ3n) is 2.28. The van der Waals surface area contributed by atoms with E-state index in [9.17, 15) is 0 Å². The SMILES string of the molecule is N#Cc1nccnc1N[C@@H]1C[C@H]1CO. The molecule has 0 bridgehead atoms. The first kappa shape index (κ1) is 8.91. The van der Waals surface area contributed by atoms with E-state index >= 15 is 0 Å². The molecule has 0 amide bonds. The maximum atomic E-state index is 8.84. The van der Waals surface area contributed by atoms with E-state index in [1.54, 1.807) is 6.20 Å². The van der Waals surface area contributed by atoms with E-state index in [0.717, 1.165) is 6.42 Å². The van der Waals surface area contributed by atoms with Crippen molar-refractivity contribution in [2.75, 3.05) is 11.9 Å². The minimum absolute atomic E-state index is 0.180. The number of aliphatic hydroxyl groups is 1. The van der Waals surface area contributed by atoms with Crippen molar-refractivity contribution in [1.82, 2.24) is 9.97 Å². The van der Waals surface area contributed by atoms with Crippen molar-refractivity contribution < 1.29 is 5.11 Å². The van der Waals surface area contributed by atoms with Crippen LogP contribution in [0.15, 0.2) is 12.4 Å². The first-order chi connectivity index (χ1) is 6.85. The van der Waals surface area contributed by atoms with Crippen LogP contribution >= 0.6 is 0 Å². The second-order valence-electron chi connectivity index (χ2n) is 3.29. The zero-order valence-corrected chi connectivity index (χ0v) is 7.51. The van der Waals surface area contributed by atoms with Crippen LogP contribution in [0.5, 0.6) is 0 Å². The fraction of sp³-hybridized carbons (Fsp3) is 0.444. The zero-order valence-electron chi connectivity index (χ0n) is 7.51. The van der Waals surface area contributed by atoms with E-state index < -0.39 is 0 Å². The molecule has 1 saturated carbocycles. The van der Waals surface area contributed by atoms with Gasteiger partial charge in [0, 0.05) is 31.0 Å². The predicted octanol–water partition coefficient (Wildman–Crippen LogP) is 0.141. The molecule has 5 heteroatoms. The van der Waals surface area contributed by atoms with Gasteiger partial charge in [-0.3, -0.25) is 0 Å². The molecule has 2 atom stereocenters. The van der Waals surface area contributed by atoms with Crippen molar-refractivity contribution in [1.29, 1.82) is 5.26 Å². The Morgan fingerprint density at radius 2 is 2.36 bits per heavy atom. The zero-order chi connectivity index (χ0) is 9.97. The van der Waals surface area contributed by atoms with Crippen LogP contribution in [0.4, 0.5) is 5.82 Å². The summed E-state index contributed by atoms with van der Waals surface area (Å²) in [7, 11) is 0. The monoisotopic (exact) mass is 190 g/mol. The first-order valence-corrected chi connectivity index (χ1v) is 4.43. The van der Waals surface area contributed by atoms with Crippen molar-refractivity contribution in [3.05, 3.63) is 18.1 Å². The summed E-state index contributed by atoms with van der Waals surface area (Å²) < 4.78 is 0. The lowest BCUT2D eigenvalue weighted by Crippen LogP contribution is -2.09. The summed E-state index contributed by atoms with van der Waals surface area (Å²) in [6.07, 6.45) is 3.96. The highest BCUT2D eigenvalue weighted by Crippen LogP contribution is 2.32. The molecule has 1 aromatic rings. The number of nitriles is 1. The quantitative estimate of drug-likeness (QED) is 0.708. The Kier molecular flexibility index (Phi) is 2.29. The third-order valence-corrected chi connectivity index (χ3v) is 2.28. The molecule has 0 saturated heterocycles. The summed E-state index contributed by atoms with van der Waals surface area (Å²) in [4.78, 5) is 7.90. The van der Waals surface area contributed by atoms with Crippen LogP contribution in [0.1, 0.15) is 12.1 Å². The minimum atomic E-state index is 0.180. The van der Waals surface area contributed by atoms with Gasteiger partial charge in [-0.2, -0.15) is 5.26 Å². The van der Waals surface area contributed by atoms with Crippen molar-refractivity contribution in [2.24, 2.45) is 5.92 Å². The molecule has 1 fully saturated rings. The van der Waals surface area contributed by atoms with E-state index in [1.807, 2.05) is 6.07 Å². The number of rotatable bonds is 3. The Morgan fingerprint density at radius 1 is 1.57 bits per heavy atom. The second kappa shape index (κ2) is 3.60. The van der Waals surface area contributed by atoms with Crippen molar-refractivity contribution in [3.8, 4) is 6.07 Å². The van der Waals surface area contributed by atoms with Crippen LogP contribution in [0.3, 0.4) is 0 Å². The summed E-state index contributed by atoms with van der Waals surface area (Å²) >= 11 is 0. The lowest BCUT2D eigenvalue weighted by molar-refractivity contribution is 0.275. The second-order valence-corrected chi connectivity index (χ2v) is 3.29. The van der Waals surface area contributed by atoms with E-state index in [-0.39, 0.29) is 12.6 Å². The van der Waals surface area contributed by atoms with E-state index in [2.05, 4.69) is 15.3 Å². The average molecular weight is 190 g/mol. The Labute approximate surface area is 81.4 Å². The number of hydrogen-bond acceptors (Lipinski definition) is 5. The van der Waals surface area contributed by atoms with Gasteiger partial charge < -0.3 is 10.4 Å². The van der Waals surface area contributed by atoms with Gasteiger partial charge in [-0.15, -0.1) is 0 Å². The van der Waals surface area contributed by atoms with Crippen LogP contribution in [-0.4, -0.2) is 27.7 Å². The molecule has 0 spiro atoms. The molecular formula is C9H10N4O. The molecule has 2 rings (SSSR count). The molecule has 14 heavy (non-hydrogen) atoms. The van der Waals surface area contributed by atoms with E-state index in [0.29, 0.717) is 17.4 Å². The lowest BCUT2D eigenvalue weighted by atomic mass is 10.4. The molecule has 0 unspecified atom stereocenters. The summed E-state index contributed by atoms with van der Waals surface area (Å²) in [6.45, 7) is 0.180. The third kappa shape index (κ3) is 1.65. The van der Waals surface area contributed by atoms with Crippen molar-refractivity contribution in [3.63, 3.8) is 0 Å². The molecular weight excluding hydrogens is 180 g/mol. The van der Waals surface area contributed by atoms with Gasteiger partial charge >= 0.3 is 0 Å². The molecule has 1 heterocycles. The molecule has 0 aliphatic heterocycles. The fourth-order valence-corrected chi connectivity index (χ4v) is 1.33. The smallest absolute Gasteiger partial charge is 0.182 e. The number of hydrogen-bond donors (Lipinski definition) is 2. The topological polar surface area (TPSA) is 81.8 Å². The normalized spacial score (nSPS) is 24.0. The number of nitrogens with one attached hydrogen (secondary N) is 1. The van der Waals surface area contributed by atoms with Crippen LogP contribution in [0.2, 0.25) is 0 Å². The Balaban J connectivity index is 2.07. The van der Waals surface area contributed by atoms with Crippen LogP contribution < -0.4 is 5.32 Å². The van der Waals surface area contributed by atoms with E-state index in [4.69, 9.17) is 10.4 Å². The summed E-state index contributed by atoms with van der Waals surface area (Å²) in [5, 5.41) is 20.7. The maximum absolute atomic E-state index is 8.84. The summed E-state index contributed by atoms with van der Waals surface area (Å²) in [5.41, 5.74) is 0.302. The molecule has 1 aliphatic carbocycles. The lowest BCUT2D eigenvalue weighted by Gasteiger charge is -2.04. The molecule has 72 valence electrons. The highest BCUT2D eigenvalue weighted by molar-refractivity contribution is 5.48. The fourth-order valence-electron chi connectivity index (χ4n) is 1.33. The van der Waals surface area contributed by atoms with Gasteiger partial charge in [0.2, 0.25) is 0 Å². The van der Waals surface area contributed by atoms with Crippen molar-refractivity contribution >= 4 is 5.82 Å². The van der Waals surface area contributed by atoms with Crippen LogP contribution in [0.25, 0.3) is 0 Å². The summed E-state index contributed by atoms with van der Waals surface area (Å²) in [5.74, 6) is 0.805. The van der Waals surface area contributed by atoms with Crippen LogP contribution in [0, 0.1) is 17.2 Å². The van der Waals surface area contributed by atoms with Gasteiger partial charge in [0.25, 0.3) is 0 Å². The highest BCUT2D eigenvalue weighted by Gasteiger charge is 2.36. The number of anilines is 1. The summed E-state index contributed by atoms with van der Waals surface area (Å²) in [6, 6.07) is 2.20. The number of aliphatic hydroxyl groups excluding tert-OH is 1. The van der Waals surface area contributed by atoms with Crippen LogP contribution in [-0.2, 0) is 0 Å². The Bertz CT molecular complexity index is 373. The van der Waals surface area contributed by atoms with Gasteiger partial charge in [-0.05, 0) is 6.42 Å². The van der Waals surface area contributed by atoms with Gasteiger partial charge in [0.05, 0.1) is 0 Å². The first-order valence-electron chi connectivity index (χ1n) is 4.43. The van der Waals surface area contributed by atoms with Gasteiger partial charge in [-0.1, -0.05) is 0 Å². The Hall–Kier alpha value is -1.67. The number of nitrogens with zero attached hydrogens (tertiary/aromatic N) is 3. The van der Waals surface area contributed by atoms with Gasteiger partial charge in [0.1, 0.15) is 6.07 Å². The Morgan fingerprint density at radius 3 is 3.00 bits per heavy atom. The highest BCUT2D eigenvalue weighted by atomic mass is 16.3. The molecule has 2 N–H and O–H groups in total. The standard InChI is InChI=1S/C9H10N4O/c10-4-8-9(12-2-1-11-8)13-7-3-6(7)5-14/h1-2,6-7,14H,3,5H2,(H,12,13)/t6-,7+/m0/s1. The van der Waals surface area contributed by atoms with Gasteiger partial charge in [0.15, 0.2) is 11.5 Å². The minimum Gasteiger partial charge on any atom is -0.396 e. The average Bonchev–Trinajstić information content (AvgIpc) is 2.97. The largest absolute Gasteiger partial charge is 0.396 e. The molecule has 0 aromatic carbocycles. The molecule has 0 radical (unpaired) electrons.